The highest BCUT2D eigenvalue weighted by atomic mass is 35.5. The normalized spacial score (nSPS) is 9.08. The molecule has 0 saturated heterocycles. The smallest absolute Gasteiger partial charge is 0.343 e. The molecule has 13 heavy (non-hydrogen) atoms. The molecule has 1 aromatic heterocycles. The third kappa shape index (κ3) is 2.35. The van der Waals surface area contributed by atoms with Gasteiger partial charge in [0.2, 0.25) is 0 Å². The van der Waals surface area contributed by atoms with Crippen LogP contribution in [0.4, 0.5) is 5.82 Å². The van der Waals surface area contributed by atoms with E-state index in [4.69, 9.17) is 5.73 Å². The number of carbonyl (C=O) groups is 1. The van der Waals surface area contributed by atoms with E-state index in [-0.39, 0.29) is 18.2 Å². The Morgan fingerprint density at radius 3 is 2.77 bits per heavy atom. The van der Waals surface area contributed by atoms with E-state index in [9.17, 15) is 4.79 Å². The van der Waals surface area contributed by atoms with E-state index >= 15 is 0 Å². The summed E-state index contributed by atoms with van der Waals surface area (Å²) in [6, 6.07) is 0. The van der Waals surface area contributed by atoms with Crippen LogP contribution in [0, 0.1) is 0 Å². The summed E-state index contributed by atoms with van der Waals surface area (Å²) in [5.74, 6) is -0.240. The second-order valence-electron chi connectivity index (χ2n) is 2.28. The van der Waals surface area contributed by atoms with Crippen molar-refractivity contribution < 1.29 is 9.53 Å². The van der Waals surface area contributed by atoms with E-state index in [0.717, 1.165) is 0 Å². The van der Waals surface area contributed by atoms with Crippen molar-refractivity contribution in [1.29, 1.82) is 0 Å². The van der Waals surface area contributed by atoms with Gasteiger partial charge in [-0.15, -0.1) is 12.4 Å². The molecule has 0 atom stereocenters. The number of aryl methyl sites for hydroxylation is 1. The molecule has 0 spiro atoms. The number of methoxy groups -OCH3 is 1. The Labute approximate surface area is 82.3 Å². The summed E-state index contributed by atoms with van der Waals surface area (Å²) >= 11 is 0. The van der Waals surface area contributed by atoms with E-state index < -0.39 is 5.97 Å². The molecule has 0 unspecified atom stereocenters. The van der Waals surface area contributed by atoms with E-state index in [1.54, 1.807) is 10.9 Å². The summed E-state index contributed by atoms with van der Waals surface area (Å²) < 4.78 is 6.09. The van der Waals surface area contributed by atoms with Gasteiger partial charge in [-0.25, -0.2) is 4.79 Å². The van der Waals surface area contributed by atoms with Gasteiger partial charge in [-0.3, -0.25) is 4.68 Å². The molecule has 0 aliphatic rings. The molecule has 0 radical (unpaired) electrons. The van der Waals surface area contributed by atoms with Crippen molar-refractivity contribution in [3.05, 3.63) is 11.8 Å². The molecule has 0 aliphatic heterocycles. The first-order chi connectivity index (χ1) is 5.69. The van der Waals surface area contributed by atoms with Crippen LogP contribution < -0.4 is 5.73 Å². The van der Waals surface area contributed by atoms with Gasteiger partial charge in [0.25, 0.3) is 0 Å². The maximum atomic E-state index is 11.0. The molecular formula is C7H12ClN3O2. The third-order valence-corrected chi connectivity index (χ3v) is 1.52. The summed E-state index contributed by atoms with van der Waals surface area (Å²) in [4.78, 5) is 11.0. The molecule has 1 aromatic rings. The number of hydrogen-bond acceptors (Lipinski definition) is 4. The highest BCUT2D eigenvalue weighted by Crippen LogP contribution is 2.09. The number of nitrogen functional groups attached to an aromatic ring is 1. The predicted molar refractivity (Wildman–Crippen MR) is 50.9 cm³/mol. The number of rotatable bonds is 2. The van der Waals surface area contributed by atoms with Gasteiger partial charge in [-0.05, 0) is 6.92 Å². The van der Waals surface area contributed by atoms with Gasteiger partial charge in [0.15, 0.2) is 5.82 Å². The minimum atomic E-state index is -0.452. The number of nitrogens with two attached hydrogens (primary N) is 1. The molecule has 0 saturated carbocycles. The van der Waals surface area contributed by atoms with Crippen molar-refractivity contribution in [3.63, 3.8) is 0 Å². The lowest BCUT2D eigenvalue weighted by Gasteiger charge is -1.93. The molecule has 1 rings (SSSR count). The highest BCUT2D eigenvalue weighted by molar-refractivity contribution is 5.93. The second kappa shape index (κ2) is 4.71. The molecule has 5 nitrogen and oxygen atoms in total. The molecule has 74 valence electrons. The van der Waals surface area contributed by atoms with Gasteiger partial charge in [0.1, 0.15) is 5.56 Å². The fourth-order valence-corrected chi connectivity index (χ4v) is 0.866. The molecule has 0 aromatic carbocycles. The first-order valence-electron chi connectivity index (χ1n) is 3.60. The number of aromatic nitrogens is 2. The molecular weight excluding hydrogens is 194 g/mol. The lowest BCUT2D eigenvalue weighted by molar-refractivity contribution is 0.0602. The molecule has 2 N–H and O–H groups in total. The van der Waals surface area contributed by atoms with E-state index in [0.29, 0.717) is 12.1 Å². The Morgan fingerprint density at radius 2 is 2.38 bits per heavy atom. The number of hydrogen-bond donors (Lipinski definition) is 1. The minimum Gasteiger partial charge on any atom is -0.465 e. The van der Waals surface area contributed by atoms with E-state index in [1.807, 2.05) is 6.92 Å². The van der Waals surface area contributed by atoms with E-state index in [2.05, 4.69) is 9.84 Å². The van der Waals surface area contributed by atoms with Crippen LogP contribution in [-0.4, -0.2) is 22.9 Å². The number of halogens is 1. The zero-order valence-corrected chi connectivity index (χ0v) is 8.30. The maximum absolute atomic E-state index is 11.0. The van der Waals surface area contributed by atoms with Gasteiger partial charge in [-0.1, -0.05) is 0 Å². The summed E-state index contributed by atoms with van der Waals surface area (Å²) in [7, 11) is 1.31. The monoisotopic (exact) mass is 205 g/mol. The van der Waals surface area contributed by atoms with Crippen LogP contribution in [0.2, 0.25) is 0 Å². The van der Waals surface area contributed by atoms with Crippen LogP contribution >= 0.6 is 12.4 Å². The van der Waals surface area contributed by atoms with Crippen LogP contribution in [0.15, 0.2) is 6.20 Å². The zero-order valence-electron chi connectivity index (χ0n) is 7.48. The summed E-state index contributed by atoms with van der Waals surface area (Å²) in [6.45, 7) is 2.59. The van der Waals surface area contributed by atoms with Crippen LogP contribution in [0.5, 0.6) is 0 Å². The van der Waals surface area contributed by atoms with Crippen molar-refractivity contribution in [2.24, 2.45) is 0 Å². The average Bonchev–Trinajstić information content (AvgIpc) is 2.45. The van der Waals surface area contributed by atoms with Crippen LogP contribution in [-0.2, 0) is 11.3 Å². The SMILES string of the molecule is CCn1cc(C(=O)OC)c(N)n1.Cl. The molecule has 0 aliphatic carbocycles. The topological polar surface area (TPSA) is 70.1 Å². The Kier molecular flexibility index (Phi) is 4.27. The number of ether oxygens (including phenoxy) is 1. The largest absolute Gasteiger partial charge is 0.465 e. The number of esters is 1. The fourth-order valence-electron chi connectivity index (χ4n) is 0.866. The number of anilines is 1. The van der Waals surface area contributed by atoms with Crippen molar-refractivity contribution in [1.82, 2.24) is 9.78 Å². The van der Waals surface area contributed by atoms with Gasteiger partial charge in [-0.2, -0.15) is 5.10 Å². The molecule has 1 heterocycles. The Hall–Kier alpha value is -1.23. The van der Waals surface area contributed by atoms with Crippen LogP contribution in [0.1, 0.15) is 17.3 Å². The second-order valence-corrected chi connectivity index (χ2v) is 2.28. The molecule has 0 bridgehead atoms. The van der Waals surface area contributed by atoms with Crippen molar-refractivity contribution in [2.45, 2.75) is 13.5 Å². The van der Waals surface area contributed by atoms with Gasteiger partial charge in [0.05, 0.1) is 7.11 Å². The standard InChI is InChI=1S/C7H11N3O2.ClH/c1-3-10-4-5(6(8)9-10)7(11)12-2;/h4H,3H2,1-2H3,(H2,8,9);1H. The zero-order chi connectivity index (χ0) is 9.14. The molecule has 0 amide bonds. The van der Waals surface area contributed by atoms with Gasteiger partial charge in [0, 0.05) is 12.7 Å². The van der Waals surface area contributed by atoms with Crippen molar-refractivity contribution in [2.75, 3.05) is 12.8 Å². The first kappa shape index (κ1) is 11.8. The Bertz CT molecular complexity index is 298. The fraction of sp³-hybridized carbons (Fsp3) is 0.429. The maximum Gasteiger partial charge on any atom is 0.343 e. The molecule has 6 heteroatoms. The van der Waals surface area contributed by atoms with Crippen molar-refractivity contribution >= 4 is 24.2 Å². The molecule has 0 fully saturated rings. The summed E-state index contributed by atoms with van der Waals surface area (Å²) in [6.07, 6.45) is 1.57. The Morgan fingerprint density at radius 1 is 1.77 bits per heavy atom. The van der Waals surface area contributed by atoms with E-state index in [1.165, 1.54) is 7.11 Å². The average molecular weight is 206 g/mol. The highest BCUT2D eigenvalue weighted by Gasteiger charge is 2.13. The van der Waals surface area contributed by atoms with Crippen LogP contribution in [0.3, 0.4) is 0 Å². The first-order valence-corrected chi connectivity index (χ1v) is 3.60. The number of nitrogens with zero attached hydrogens (tertiary/aromatic N) is 2. The third-order valence-electron chi connectivity index (χ3n) is 1.52. The lowest BCUT2D eigenvalue weighted by Crippen LogP contribution is -2.02. The Balaban J connectivity index is 0.00000144. The minimum absolute atomic E-state index is 0. The number of carbonyl (C=O) groups excluding carboxylic acids is 1. The van der Waals surface area contributed by atoms with Crippen molar-refractivity contribution in [3.8, 4) is 0 Å². The van der Waals surface area contributed by atoms with Crippen LogP contribution in [0.25, 0.3) is 0 Å². The summed E-state index contributed by atoms with van der Waals surface area (Å²) in [5, 5.41) is 3.89. The lowest BCUT2D eigenvalue weighted by atomic mass is 10.3. The van der Waals surface area contributed by atoms with Gasteiger partial charge < -0.3 is 10.5 Å². The quantitative estimate of drug-likeness (QED) is 0.722. The van der Waals surface area contributed by atoms with Gasteiger partial charge >= 0.3 is 5.97 Å². The summed E-state index contributed by atoms with van der Waals surface area (Å²) in [5.41, 5.74) is 5.78. The predicted octanol–water partition coefficient (Wildman–Crippen LogP) is 0.694.